The van der Waals surface area contributed by atoms with Crippen LogP contribution in [0.1, 0.15) is 35.6 Å². The van der Waals surface area contributed by atoms with Gasteiger partial charge in [0.05, 0.1) is 12.6 Å². The van der Waals surface area contributed by atoms with Crippen molar-refractivity contribution in [2.45, 2.75) is 43.9 Å². The fourth-order valence-corrected chi connectivity index (χ4v) is 4.10. The minimum atomic E-state index is -0.733. The molecule has 1 aromatic carbocycles. The maximum atomic E-state index is 12.8. The van der Waals surface area contributed by atoms with Gasteiger partial charge in [-0.25, -0.2) is 4.79 Å². The van der Waals surface area contributed by atoms with Crippen LogP contribution in [0.25, 0.3) is 0 Å². The molecule has 2 heterocycles. The van der Waals surface area contributed by atoms with Gasteiger partial charge in [0.2, 0.25) is 5.91 Å². The number of ether oxygens (including phenoxy) is 1. The highest BCUT2D eigenvalue weighted by Crippen LogP contribution is 2.30. The van der Waals surface area contributed by atoms with Crippen molar-refractivity contribution in [3.05, 3.63) is 65.5 Å². The lowest BCUT2D eigenvalue weighted by Crippen LogP contribution is -2.46. The highest BCUT2D eigenvalue weighted by atomic mass is 16.6. The number of aryl methyl sites for hydroxylation is 1. The molecule has 2 N–H and O–H groups in total. The van der Waals surface area contributed by atoms with Crippen molar-refractivity contribution in [3.63, 3.8) is 0 Å². The fourth-order valence-electron chi connectivity index (χ4n) is 4.10. The maximum Gasteiger partial charge on any atom is 0.410 e. The Labute approximate surface area is 169 Å². The van der Waals surface area contributed by atoms with Crippen LogP contribution in [0.4, 0.5) is 4.79 Å². The van der Waals surface area contributed by atoms with Gasteiger partial charge < -0.3 is 15.2 Å². The Balaban J connectivity index is 1.33. The van der Waals surface area contributed by atoms with Gasteiger partial charge >= 0.3 is 6.09 Å². The van der Waals surface area contributed by atoms with E-state index in [-0.39, 0.29) is 31.4 Å². The van der Waals surface area contributed by atoms with Crippen LogP contribution in [0.5, 0.6) is 0 Å². The summed E-state index contributed by atoms with van der Waals surface area (Å²) in [5, 5.41) is 13.0. The number of pyridine rings is 1. The van der Waals surface area contributed by atoms with Gasteiger partial charge in [-0.1, -0.05) is 36.4 Å². The van der Waals surface area contributed by atoms with E-state index in [0.29, 0.717) is 6.54 Å². The van der Waals surface area contributed by atoms with Crippen LogP contribution in [0.3, 0.4) is 0 Å². The number of aliphatic hydroxyl groups excluding tert-OH is 1. The second-order valence-corrected chi connectivity index (χ2v) is 7.63. The van der Waals surface area contributed by atoms with Crippen LogP contribution in [-0.2, 0) is 22.6 Å². The summed E-state index contributed by atoms with van der Waals surface area (Å²) < 4.78 is 5.35. The largest absolute Gasteiger partial charge is 0.445 e. The molecule has 29 heavy (non-hydrogen) atoms. The third-order valence-electron chi connectivity index (χ3n) is 5.62. The first kappa shape index (κ1) is 19.4. The summed E-state index contributed by atoms with van der Waals surface area (Å²) in [6, 6.07) is 12.6. The van der Waals surface area contributed by atoms with Gasteiger partial charge in [-0.2, -0.15) is 0 Å². The number of nitrogens with zero attached hydrogens (tertiary/aromatic N) is 2. The number of rotatable bonds is 5. The maximum absolute atomic E-state index is 12.8. The number of benzene rings is 1. The monoisotopic (exact) mass is 395 g/mol. The molecule has 7 nitrogen and oxygen atoms in total. The van der Waals surface area contributed by atoms with Crippen molar-refractivity contribution >= 4 is 12.0 Å². The predicted octanol–water partition coefficient (Wildman–Crippen LogP) is 2.00. The molecule has 4 rings (SSSR count). The average molecular weight is 395 g/mol. The van der Waals surface area contributed by atoms with E-state index in [4.69, 9.17) is 4.74 Å². The van der Waals surface area contributed by atoms with Crippen molar-refractivity contribution < 1.29 is 19.4 Å². The van der Waals surface area contributed by atoms with Crippen molar-refractivity contribution in [1.29, 1.82) is 0 Å². The van der Waals surface area contributed by atoms with Crippen molar-refractivity contribution in [1.82, 2.24) is 15.2 Å². The van der Waals surface area contributed by atoms with Gasteiger partial charge in [0.25, 0.3) is 0 Å². The first-order valence-electron chi connectivity index (χ1n) is 9.98. The molecular weight excluding hydrogens is 370 g/mol. The summed E-state index contributed by atoms with van der Waals surface area (Å²) in [4.78, 5) is 31.0. The Morgan fingerprint density at radius 2 is 2.03 bits per heavy atom. The lowest BCUT2D eigenvalue weighted by Gasteiger charge is -2.23. The summed E-state index contributed by atoms with van der Waals surface area (Å²) in [6.07, 6.45) is 2.58. The van der Waals surface area contributed by atoms with E-state index >= 15 is 0 Å². The SMILES string of the molecule is O=C(NCC1CCc2cccnc21)[C@@H]1C[C@@H](O)CN1C(=O)OCc1ccccc1. The molecule has 1 unspecified atom stereocenters. The molecule has 0 radical (unpaired) electrons. The standard InChI is InChI=1S/C22H25N3O4/c26-18-11-19(25(13-18)22(28)29-14-15-5-2-1-3-6-15)21(27)24-12-17-9-8-16-7-4-10-23-20(16)17/h1-7,10,17-19,26H,8-9,11-14H2,(H,24,27)/t17?,18-,19+/m1/s1. The van der Waals surface area contributed by atoms with Gasteiger partial charge in [0.15, 0.2) is 0 Å². The number of amides is 2. The third-order valence-corrected chi connectivity index (χ3v) is 5.62. The van der Waals surface area contributed by atoms with E-state index in [0.717, 1.165) is 24.1 Å². The molecule has 152 valence electrons. The number of carbonyl (C=O) groups excluding carboxylic acids is 2. The Hall–Kier alpha value is -2.93. The molecule has 1 aliphatic heterocycles. The lowest BCUT2D eigenvalue weighted by molar-refractivity contribution is -0.125. The predicted molar refractivity (Wildman–Crippen MR) is 106 cm³/mol. The minimum Gasteiger partial charge on any atom is -0.445 e. The number of nitrogens with one attached hydrogen (secondary N) is 1. The van der Waals surface area contributed by atoms with Gasteiger partial charge in [-0.3, -0.25) is 14.7 Å². The smallest absolute Gasteiger partial charge is 0.410 e. The summed E-state index contributed by atoms with van der Waals surface area (Å²) in [6.45, 7) is 0.701. The lowest BCUT2D eigenvalue weighted by atomic mass is 10.1. The number of hydrogen-bond acceptors (Lipinski definition) is 5. The number of aromatic nitrogens is 1. The van der Waals surface area contributed by atoms with Crippen LogP contribution >= 0.6 is 0 Å². The van der Waals surface area contributed by atoms with E-state index in [1.54, 1.807) is 6.20 Å². The topological polar surface area (TPSA) is 91.8 Å². The molecular formula is C22H25N3O4. The molecule has 2 aromatic rings. The molecule has 2 amide bonds. The highest BCUT2D eigenvalue weighted by Gasteiger charge is 2.40. The average Bonchev–Trinajstić information content (AvgIpc) is 3.34. The van der Waals surface area contributed by atoms with Crippen LogP contribution in [0.2, 0.25) is 0 Å². The van der Waals surface area contributed by atoms with Gasteiger partial charge in [-0.15, -0.1) is 0 Å². The third kappa shape index (κ3) is 4.40. The number of fused-ring (bicyclic) bond motifs is 1. The van der Waals surface area contributed by atoms with E-state index in [1.165, 1.54) is 10.5 Å². The summed E-state index contributed by atoms with van der Waals surface area (Å²) in [7, 11) is 0. The van der Waals surface area contributed by atoms with E-state index in [1.807, 2.05) is 36.4 Å². The summed E-state index contributed by atoms with van der Waals surface area (Å²) in [5.41, 5.74) is 3.14. The number of aliphatic hydroxyl groups is 1. The Bertz CT molecular complexity index is 873. The second kappa shape index (κ2) is 8.61. The molecule has 1 saturated heterocycles. The van der Waals surface area contributed by atoms with Crippen LogP contribution in [0, 0.1) is 0 Å². The normalized spacial score (nSPS) is 22.9. The fraction of sp³-hybridized carbons (Fsp3) is 0.409. The number of β-amino-alcohol motifs (C(OH)–C–C–N with tert-alkyl or cyclic N) is 1. The first-order valence-corrected chi connectivity index (χ1v) is 9.98. The zero-order valence-electron chi connectivity index (χ0n) is 16.2. The molecule has 1 fully saturated rings. The zero-order chi connectivity index (χ0) is 20.2. The summed E-state index contributed by atoms with van der Waals surface area (Å²) in [5.74, 6) is -0.0810. The molecule has 0 saturated carbocycles. The Kier molecular flexibility index (Phi) is 5.76. The van der Waals surface area contributed by atoms with E-state index < -0.39 is 18.2 Å². The van der Waals surface area contributed by atoms with Crippen LogP contribution in [-0.4, -0.2) is 52.2 Å². The zero-order valence-corrected chi connectivity index (χ0v) is 16.2. The molecule has 0 bridgehead atoms. The van der Waals surface area contributed by atoms with Crippen molar-refractivity contribution in [2.24, 2.45) is 0 Å². The van der Waals surface area contributed by atoms with Gasteiger partial charge in [-0.05, 0) is 30.0 Å². The van der Waals surface area contributed by atoms with Gasteiger partial charge in [0.1, 0.15) is 12.6 Å². The number of likely N-dealkylation sites (tertiary alicyclic amines) is 1. The van der Waals surface area contributed by atoms with E-state index in [2.05, 4.69) is 16.4 Å². The van der Waals surface area contributed by atoms with Gasteiger partial charge in [0, 0.05) is 30.8 Å². The molecule has 1 aromatic heterocycles. The van der Waals surface area contributed by atoms with Crippen molar-refractivity contribution in [3.8, 4) is 0 Å². The Morgan fingerprint density at radius 3 is 2.86 bits per heavy atom. The minimum absolute atomic E-state index is 0.0968. The second-order valence-electron chi connectivity index (χ2n) is 7.63. The molecule has 7 heteroatoms. The first-order chi connectivity index (χ1) is 14.1. The van der Waals surface area contributed by atoms with Crippen molar-refractivity contribution in [2.75, 3.05) is 13.1 Å². The number of hydrogen-bond donors (Lipinski definition) is 2. The highest BCUT2D eigenvalue weighted by molar-refractivity contribution is 5.86. The van der Waals surface area contributed by atoms with E-state index in [9.17, 15) is 14.7 Å². The summed E-state index contributed by atoms with van der Waals surface area (Å²) >= 11 is 0. The molecule has 3 atom stereocenters. The molecule has 2 aliphatic rings. The molecule has 1 aliphatic carbocycles. The number of carbonyl (C=O) groups is 2. The Morgan fingerprint density at radius 1 is 1.21 bits per heavy atom. The molecule has 0 spiro atoms. The van der Waals surface area contributed by atoms with Crippen LogP contribution < -0.4 is 5.32 Å². The van der Waals surface area contributed by atoms with Crippen LogP contribution in [0.15, 0.2) is 48.7 Å². The quantitative estimate of drug-likeness (QED) is 0.808.